The van der Waals surface area contributed by atoms with Gasteiger partial charge in [-0.25, -0.2) is 0 Å². The normalized spacial score (nSPS) is 10.3. The summed E-state index contributed by atoms with van der Waals surface area (Å²) >= 11 is 6.00. The number of halogens is 1. The predicted octanol–water partition coefficient (Wildman–Crippen LogP) is 3.63. The predicted molar refractivity (Wildman–Crippen MR) is 77.0 cm³/mol. The molecule has 4 heteroatoms. The van der Waals surface area contributed by atoms with Crippen LogP contribution in [0, 0.1) is 6.92 Å². The molecule has 98 valence electrons. The Morgan fingerprint density at radius 1 is 1.21 bits per heavy atom. The van der Waals surface area contributed by atoms with E-state index in [1.807, 2.05) is 31.2 Å². The van der Waals surface area contributed by atoms with Gasteiger partial charge in [0.25, 0.3) is 5.91 Å². The van der Waals surface area contributed by atoms with Crippen molar-refractivity contribution < 1.29 is 9.90 Å². The summed E-state index contributed by atoms with van der Waals surface area (Å²) in [6.45, 7) is 1.96. The van der Waals surface area contributed by atoms with E-state index >= 15 is 0 Å². The quantitative estimate of drug-likeness (QED) is 0.909. The Morgan fingerprint density at radius 2 is 1.95 bits per heavy atom. The third-order valence-electron chi connectivity index (χ3n) is 2.87. The molecule has 0 atom stereocenters. The molecule has 1 N–H and O–H groups in total. The van der Waals surface area contributed by atoms with E-state index in [9.17, 15) is 9.90 Å². The maximum Gasteiger partial charge on any atom is 0.259 e. The van der Waals surface area contributed by atoms with E-state index in [2.05, 4.69) is 0 Å². The number of hydrogen-bond acceptors (Lipinski definition) is 2. The highest BCUT2D eigenvalue weighted by Gasteiger charge is 2.17. The van der Waals surface area contributed by atoms with Crippen LogP contribution in [0.3, 0.4) is 0 Å². The van der Waals surface area contributed by atoms with Crippen molar-refractivity contribution in [1.29, 1.82) is 0 Å². The van der Waals surface area contributed by atoms with Gasteiger partial charge in [0.1, 0.15) is 5.75 Å². The fourth-order valence-corrected chi connectivity index (χ4v) is 2.01. The minimum Gasteiger partial charge on any atom is -0.508 e. The van der Waals surface area contributed by atoms with Crippen LogP contribution in [0.2, 0.25) is 5.02 Å². The molecule has 1 amide bonds. The Labute approximate surface area is 117 Å². The molecule has 0 aromatic heterocycles. The molecule has 0 radical (unpaired) electrons. The second-order valence-corrected chi connectivity index (χ2v) is 4.77. The van der Waals surface area contributed by atoms with Gasteiger partial charge in [0.2, 0.25) is 0 Å². The van der Waals surface area contributed by atoms with E-state index in [4.69, 9.17) is 11.6 Å². The van der Waals surface area contributed by atoms with Gasteiger partial charge in [-0.3, -0.25) is 4.79 Å². The highest BCUT2D eigenvalue weighted by Crippen LogP contribution is 2.24. The first-order valence-corrected chi connectivity index (χ1v) is 6.20. The van der Waals surface area contributed by atoms with Crippen LogP contribution in [0.5, 0.6) is 5.75 Å². The zero-order chi connectivity index (χ0) is 14.0. The van der Waals surface area contributed by atoms with E-state index in [1.165, 1.54) is 23.1 Å². The summed E-state index contributed by atoms with van der Waals surface area (Å²) in [5.74, 6) is -0.239. The molecule has 0 aliphatic rings. The Hall–Kier alpha value is -2.00. The van der Waals surface area contributed by atoms with Crippen LogP contribution in [0.1, 0.15) is 15.9 Å². The van der Waals surface area contributed by atoms with Gasteiger partial charge >= 0.3 is 0 Å². The van der Waals surface area contributed by atoms with E-state index in [0.29, 0.717) is 5.02 Å². The molecular formula is C15H14ClNO2. The average Bonchev–Trinajstić information content (AvgIpc) is 2.40. The van der Waals surface area contributed by atoms with E-state index in [0.717, 1.165) is 11.3 Å². The monoisotopic (exact) mass is 275 g/mol. The maximum absolute atomic E-state index is 12.4. The largest absolute Gasteiger partial charge is 0.508 e. The lowest BCUT2D eigenvalue weighted by Crippen LogP contribution is -2.26. The van der Waals surface area contributed by atoms with Crippen LogP contribution in [0.4, 0.5) is 5.69 Å². The molecule has 0 unspecified atom stereocenters. The van der Waals surface area contributed by atoms with Crippen molar-refractivity contribution in [3.63, 3.8) is 0 Å². The van der Waals surface area contributed by atoms with Crippen molar-refractivity contribution in [2.75, 3.05) is 11.9 Å². The van der Waals surface area contributed by atoms with Gasteiger partial charge in [0.05, 0.1) is 10.6 Å². The SMILES string of the molecule is Cc1cccc(N(C)C(=O)c2cc(O)ccc2Cl)c1. The van der Waals surface area contributed by atoms with Gasteiger partial charge < -0.3 is 10.0 Å². The van der Waals surface area contributed by atoms with Crippen LogP contribution >= 0.6 is 11.6 Å². The van der Waals surface area contributed by atoms with Crippen LogP contribution in [-0.2, 0) is 0 Å². The molecule has 3 nitrogen and oxygen atoms in total. The first kappa shape index (κ1) is 13.4. The number of aryl methyl sites for hydroxylation is 1. The lowest BCUT2D eigenvalue weighted by Gasteiger charge is -2.18. The van der Waals surface area contributed by atoms with Crippen LogP contribution in [-0.4, -0.2) is 18.1 Å². The standard InChI is InChI=1S/C15H14ClNO2/c1-10-4-3-5-11(8-10)17(2)15(19)13-9-12(18)6-7-14(13)16/h3-9,18H,1-2H3. The minimum absolute atomic E-state index is 0.0189. The maximum atomic E-state index is 12.4. The molecule has 0 aliphatic heterocycles. The molecule has 0 saturated heterocycles. The molecule has 2 aromatic carbocycles. The Balaban J connectivity index is 2.36. The average molecular weight is 276 g/mol. The summed E-state index contributed by atoms with van der Waals surface area (Å²) < 4.78 is 0. The summed E-state index contributed by atoms with van der Waals surface area (Å²) in [7, 11) is 1.68. The molecule has 2 rings (SSSR count). The van der Waals surface area contributed by atoms with Gasteiger partial charge in [-0.2, -0.15) is 0 Å². The second kappa shape index (κ2) is 5.33. The number of amides is 1. The number of phenols is 1. The number of carbonyl (C=O) groups excluding carboxylic acids is 1. The molecule has 0 saturated carbocycles. The van der Waals surface area contributed by atoms with Gasteiger partial charge in [-0.15, -0.1) is 0 Å². The number of nitrogens with zero attached hydrogens (tertiary/aromatic N) is 1. The fourth-order valence-electron chi connectivity index (χ4n) is 1.81. The lowest BCUT2D eigenvalue weighted by molar-refractivity contribution is 0.0993. The Morgan fingerprint density at radius 3 is 2.63 bits per heavy atom. The zero-order valence-corrected chi connectivity index (χ0v) is 11.5. The molecule has 0 aliphatic carbocycles. The van der Waals surface area contributed by atoms with Crippen molar-refractivity contribution in [2.45, 2.75) is 6.92 Å². The van der Waals surface area contributed by atoms with Crippen molar-refractivity contribution in [3.8, 4) is 5.75 Å². The summed E-state index contributed by atoms with van der Waals surface area (Å²) in [5.41, 5.74) is 2.13. The number of benzene rings is 2. The van der Waals surface area contributed by atoms with Crippen LogP contribution in [0.25, 0.3) is 0 Å². The Kier molecular flexibility index (Phi) is 3.76. The van der Waals surface area contributed by atoms with Crippen LogP contribution < -0.4 is 4.90 Å². The fraction of sp³-hybridized carbons (Fsp3) is 0.133. The van der Waals surface area contributed by atoms with Crippen molar-refractivity contribution >= 4 is 23.2 Å². The third kappa shape index (κ3) is 2.88. The first-order chi connectivity index (χ1) is 8.99. The lowest BCUT2D eigenvalue weighted by atomic mass is 10.1. The number of carbonyl (C=O) groups is 1. The number of anilines is 1. The van der Waals surface area contributed by atoms with Crippen molar-refractivity contribution in [1.82, 2.24) is 0 Å². The zero-order valence-electron chi connectivity index (χ0n) is 10.7. The minimum atomic E-state index is -0.258. The van der Waals surface area contributed by atoms with Gasteiger partial charge in [0.15, 0.2) is 0 Å². The molecule has 0 fully saturated rings. The van der Waals surface area contributed by atoms with Gasteiger partial charge in [0, 0.05) is 12.7 Å². The Bertz CT molecular complexity index is 625. The highest BCUT2D eigenvalue weighted by atomic mass is 35.5. The number of hydrogen-bond donors (Lipinski definition) is 1. The molecule has 0 bridgehead atoms. The van der Waals surface area contributed by atoms with E-state index in [1.54, 1.807) is 7.05 Å². The first-order valence-electron chi connectivity index (χ1n) is 5.82. The molecule has 19 heavy (non-hydrogen) atoms. The van der Waals surface area contributed by atoms with E-state index in [-0.39, 0.29) is 17.2 Å². The number of rotatable bonds is 2. The highest BCUT2D eigenvalue weighted by molar-refractivity contribution is 6.34. The third-order valence-corrected chi connectivity index (χ3v) is 3.20. The topological polar surface area (TPSA) is 40.5 Å². The summed E-state index contributed by atoms with van der Waals surface area (Å²) in [4.78, 5) is 13.9. The number of aromatic hydroxyl groups is 1. The van der Waals surface area contributed by atoms with Crippen molar-refractivity contribution in [3.05, 3.63) is 58.6 Å². The smallest absolute Gasteiger partial charge is 0.259 e. The summed E-state index contributed by atoms with van der Waals surface area (Å²) in [6.07, 6.45) is 0. The molecular weight excluding hydrogens is 262 g/mol. The van der Waals surface area contributed by atoms with Gasteiger partial charge in [-0.1, -0.05) is 23.7 Å². The van der Waals surface area contributed by atoms with Crippen molar-refractivity contribution in [2.24, 2.45) is 0 Å². The summed E-state index contributed by atoms with van der Waals surface area (Å²) in [5, 5.41) is 9.78. The molecule has 0 heterocycles. The number of phenolic OH excluding ortho intramolecular Hbond substituents is 1. The van der Waals surface area contributed by atoms with Crippen LogP contribution in [0.15, 0.2) is 42.5 Å². The molecule has 2 aromatic rings. The molecule has 0 spiro atoms. The second-order valence-electron chi connectivity index (χ2n) is 4.37. The summed E-state index contributed by atoms with van der Waals surface area (Å²) in [6, 6.07) is 11.9. The van der Waals surface area contributed by atoms with Gasteiger partial charge in [-0.05, 0) is 42.8 Å². The van der Waals surface area contributed by atoms with E-state index < -0.39 is 0 Å².